The Bertz CT molecular complexity index is 686. The Kier molecular flexibility index (Phi) is 4.61. The van der Waals surface area contributed by atoms with Crippen LogP contribution in [0.1, 0.15) is 55.0 Å². The van der Waals surface area contributed by atoms with Crippen molar-refractivity contribution in [1.82, 2.24) is 24.6 Å². The molecule has 0 radical (unpaired) electrons. The molecule has 1 fully saturated rings. The zero-order valence-corrected chi connectivity index (χ0v) is 14.1. The molecular formula is C16H20ClN5O. The fourth-order valence-electron chi connectivity index (χ4n) is 2.81. The third-order valence-corrected chi connectivity index (χ3v) is 4.34. The summed E-state index contributed by atoms with van der Waals surface area (Å²) in [6, 6.07) is 2.10. The Hall–Kier alpha value is -1.95. The summed E-state index contributed by atoms with van der Waals surface area (Å²) in [5, 5.41) is 4.59. The molecule has 3 rings (SSSR count). The van der Waals surface area contributed by atoms with Crippen LogP contribution in [-0.4, -0.2) is 43.6 Å². The Labute approximate surface area is 140 Å². The molecule has 2 aromatic rings. The molecule has 0 bridgehead atoms. The van der Waals surface area contributed by atoms with E-state index in [0.29, 0.717) is 29.6 Å². The Balaban J connectivity index is 1.81. The van der Waals surface area contributed by atoms with Crippen LogP contribution >= 0.6 is 11.6 Å². The van der Waals surface area contributed by atoms with Gasteiger partial charge in [-0.1, -0.05) is 25.4 Å². The number of halogens is 1. The second-order valence-electron chi connectivity index (χ2n) is 6.11. The largest absolute Gasteiger partial charge is 0.335 e. The van der Waals surface area contributed by atoms with Crippen LogP contribution in [0.3, 0.4) is 0 Å². The SMILES string of the molecule is CC(C)c1ncc(Cl)c(C(=O)N2CCC[C@@H](n3cccn3)C2)n1. The lowest BCUT2D eigenvalue weighted by Gasteiger charge is -2.32. The van der Waals surface area contributed by atoms with Crippen LogP contribution in [0.2, 0.25) is 5.02 Å². The van der Waals surface area contributed by atoms with E-state index >= 15 is 0 Å². The molecule has 1 atom stereocenters. The maximum absolute atomic E-state index is 12.8. The molecule has 7 heteroatoms. The first kappa shape index (κ1) is 15.9. The minimum Gasteiger partial charge on any atom is -0.335 e. The molecule has 0 N–H and O–H groups in total. The van der Waals surface area contributed by atoms with Crippen molar-refractivity contribution in [2.24, 2.45) is 0 Å². The average molecular weight is 334 g/mol. The highest BCUT2D eigenvalue weighted by molar-refractivity contribution is 6.33. The van der Waals surface area contributed by atoms with E-state index < -0.39 is 0 Å². The van der Waals surface area contributed by atoms with Crippen LogP contribution in [0.25, 0.3) is 0 Å². The highest BCUT2D eigenvalue weighted by Gasteiger charge is 2.28. The molecule has 0 saturated carbocycles. The van der Waals surface area contributed by atoms with E-state index in [1.165, 1.54) is 6.20 Å². The van der Waals surface area contributed by atoms with E-state index in [1.54, 1.807) is 6.20 Å². The first-order valence-corrected chi connectivity index (χ1v) is 8.25. The van der Waals surface area contributed by atoms with Crippen molar-refractivity contribution in [3.05, 3.63) is 41.2 Å². The number of hydrogen-bond acceptors (Lipinski definition) is 4. The number of rotatable bonds is 3. The Morgan fingerprint density at radius 3 is 2.96 bits per heavy atom. The second kappa shape index (κ2) is 6.66. The molecular weight excluding hydrogens is 314 g/mol. The van der Waals surface area contributed by atoms with Gasteiger partial charge in [0.2, 0.25) is 0 Å². The molecule has 6 nitrogen and oxygen atoms in total. The van der Waals surface area contributed by atoms with Crippen molar-refractivity contribution >= 4 is 17.5 Å². The summed E-state index contributed by atoms with van der Waals surface area (Å²) < 4.78 is 1.92. The fraction of sp³-hybridized carbons (Fsp3) is 0.500. The summed E-state index contributed by atoms with van der Waals surface area (Å²) >= 11 is 6.16. The van der Waals surface area contributed by atoms with Gasteiger partial charge < -0.3 is 4.90 Å². The van der Waals surface area contributed by atoms with E-state index in [0.717, 1.165) is 12.8 Å². The number of carbonyl (C=O) groups is 1. The summed E-state index contributed by atoms with van der Waals surface area (Å²) in [6.07, 6.45) is 7.17. The number of hydrogen-bond donors (Lipinski definition) is 0. The normalized spacial score (nSPS) is 18.4. The molecule has 1 aliphatic rings. The molecule has 1 aliphatic heterocycles. The monoisotopic (exact) mass is 333 g/mol. The van der Waals surface area contributed by atoms with Crippen molar-refractivity contribution in [2.75, 3.05) is 13.1 Å². The first-order valence-electron chi connectivity index (χ1n) is 7.87. The molecule has 2 aromatic heterocycles. The van der Waals surface area contributed by atoms with Crippen LogP contribution in [0.15, 0.2) is 24.7 Å². The van der Waals surface area contributed by atoms with Crippen molar-refractivity contribution in [3.63, 3.8) is 0 Å². The van der Waals surface area contributed by atoms with Gasteiger partial charge in [-0.15, -0.1) is 0 Å². The van der Waals surface area contributed by atoms with Gasteiger partial charge in [0.25, 0.3) is 5.91 Å². The summed E-state index contributed by atoms with van der Waals surface area (Å²) in [4.78, 5) is 23.2. The number of likely N-dealkylation sites (tertiary alicyclic amines) is 1. The molecule has 0 aromatic carbocycles. The van der Waals surface area contributed by atoms with Crippen LogP contribution in [0.4, 0.5) is 0 Å². The quantitative estimate of drug-likeness (QED) is 0.866. The third kappa shape index (κ3) is 3.37. The smallest absolute Gasteiger partial charge is 0.274 e. The number of carbonyl (C=O) groups excluding carboxylic acids is 1. The van der Waals surface area contributed by atoms with E-state index in [-0.39, 0.29) is 17.9 Å². The van der Waals surface area contributed by atoms with Crippen molar-refractivity contribution in [2.45, 2.75) is 38.6 Å². The fourth-order valence-corrected chi connectivity index (χ4v) is 2.98. The maximum Gasteiger partial charge on any atom is 0.274 e. The van der Waals surface area contributed by atoms with Gasteiger partial charge in [0.1, 0.15) is 5.82 Å². The van der Waals surface area contributed by atoms with Crippen LogP contribution in [0.5, 0.6) is 0 Å². The van der Waals surface area contributed by atoms with Crippen molar-refractivity contribution in [1.29, 1.82) is 0 Å². The molecule has 122 valence electrons. The van der Waals surface area contributed by atoms with Gasteiger partial charge in [-0.25, -0.2) is 9.97 Å². The third-order valence-electron chi connectivity index (χ3n) is 4.06. The highest BCUT2D eigenvalue weighted by Crippen LogP contribution is 2.24. The summed E-state index contributed by atoms with van der Waals surface area (Å²) in [6.45, 7) is 5.32. The van der Waals surface area contributed by atoms with E-state index in [4.69, 9.17) is 11.6 Å². The van der Waals surface area contributed by atoms with Gasteiger partial charge in [-0.05, 0) is 18.9 Å². The lowest BCUT2D eigenvalue weighted by atomic mass is 10.1. The van der Waals surface area contributed by atoms with Gasteiger partial charge in [0, 0.05) is 31.4 Å². The molecule has 0 spiro atoms. The van der Waals surface area contributed by atoms with Gasteiger partial charge in [-0.2, -0.15) is 5.10 Å². The first-order chi connectivity index (χ1) is 11.1. The van der Waals surface area contributed by atoms with Crippen molar-refractivity contribution < 1.29 is 4.79 Å². The zero-order valence-electron chi connectivity index (χ0n) is 13.3. The molecule has 1 amide bonds. The number of amides is 1. The number of piperidine rings is 1. The van der Waals surface area contributed by atoms with Crippen LogP contribution < -0.4 is 0 Å². The van der Waals surface area contributed by atoms with Gasteiger partial charge in [0.05, 0.1) is 17.3 Å². The lowest BCUT2D eigenvalue weighted by molar-refractivity contribution is 0.0666. The highest BCUT2D eigenvalue weighted by atomic mass is 35.5. The predicted octanol–water partition coefficient (Wildman–Crippen LogP) is 2.93. The Morgan fingerprint density at radius 2 is 2.26 bits per heavy atom. The summed E-state index contributed by atoms with van der Waals surface area (Å²) in [5.41, 5.74) is 0.298. The summed E-state index contributed by atoms with van der Waals surface area (Å²) in [7, 11) is 0. The summed E-state index contributed by atoms with van der Waals surface area (Å²) in [5.74, 6) is 0.659. The average Bonchev–Trinajstić information content (AvgIpc) is 3.09. The number of aromatic nitrogens is 4. The molecule has 23 heavy (non-hydrogen) atoms. The van der Waals surface area contributed by atoms with E-state index in [9.17, 15) is 4.79 Å². The molecule has 0 unspecified atom stereocenters. The van der Waals surface area contributed by atoms with Gasteiger partial charge in [-0.3, -0.25) is 9.48 Å². The second-order valence-corrected chi connectivity index (χ2v) is 6.52. The predicted molar refractivity (Wildman–Crippen MR) is 87.5 cm³/mol. The van der Waals surface area contributed by atoms with Gasteiger partial charge in [0.15, 0.2) is 5.69 Å². The maximum atomic E-state index is 12.8. The molecule has 3 heterocycles. The lowest BCUT2D eigenvalue weighted by Crippen LogP contribution is -2.41. The van der Waals surface area contributed by atoms with E-state index in [2.05, 4.69) is 15.1 Å². The zero-order chi connectivity index (χ0) is 16.4. The van der Waals surface area contributed by atoms with Crippen LogP contribution in [-0.2, 0) is 0 Å². The topological polar surface area (TPSA) is 63.9 Å². The minimum atomic E-state index is -0.129. The standard InChI is InChI=1S/C16H20ClN5O/c1-11(2)15-18-9-13(17)14(20-15)16(23)21-7-3-5-12(10-21)22-8-4-6-19-22/h4,6,8-9,11-12H,3,5,7,10H2,1-2H3/t12-/m1/s1. The van der Waals surface area contributed by atoms with Crippen molar-refractivity contribution in [3.8, 4) is 0 Å². The Morgan fingerprint density at radius 1 is 1.43 bits per heavy atom. The number of nitrogens with zero attached hydrogens (tertiary/aromatic N) is 5. The van der Waals surface area contributed by atoms with Gasteiger partial charge >= 0.3 is 0 Å². The minimum absolute atomic E-state index is 0.129. The molecule has 1 saturated heterocycles. The molecule has 0 aliphatic carbocycles. The van der Waals surface area contributed by atoms with E-state index in [1.807, 2.05) is 35.7 Å². The van der Waals surface area contributed by atoms with Crippen LogP contribution in [0, 0.1) is 0 Å².